The minimum atomic E-state index is -0.629. The second kappa shape index (κ2) is 16.3. The van der Waals surface area contributed by atoms with Gasteiger partial charge < -0.3 is 14.4 Å². The highest BCUT2D eigenvalue weighted by Crippen LogP contribution is 2.65. The van der Waals surface area contributed by atoms with Gasteiger partial charge in [0.25, 0.3) is 0 Å². The molecule has 5 aliphatic rings. The van der Waals surface area contributed by atoms with Crippen molar-refractivity contribution >= 4 is 29.5 Å². The van der Waals surface area contributed by atoms with Gasteiger partial charge in [0, 0.05) is 33.5 Å². The van der Waals surface area contributed by atoms with E-state index in [4.69, 9.17) is 9.47 Å². The predicted molar refractivity (Wildman–Crippen MR) is 308 cm³/mol. The molecular weight excluding hydrogens is 925 g/mol. The molecule has 3 aliphatic heterocycles. The fraction of sp³-hybridized carbons (Fsp3) is 0.0278. The largest absolute Gasteiger partial charge is 0.457 e. The summed E-state index contributed by atoms with van der Waals surface area (Å²) in [7, 11) is 0. The van der Waals surface area contributed by atoms with Crippen molar-refractivity contribution in [2.45, 2.75) is 10.8 Å². The minimum Gasteiger partial charge on any atom is -0.457 e. The number of hydrogen-bond donors (Lipinski definition) is 0. The Kier molecular flexibility index (Phi) is 9.09. The third-order valence-corrected chi connectivity index (χ3v) is 16.6. The van der Waals surface area contributed by atoms with E-state index < -0.39 is 10.8 Å². The summed E-state index contributed by atoms with van der Waals surface area (Å²) < 4.78 is 18.0. The molecule has 3 heterocycles. The molecule has 0 N–H and O–H groups in total. The van der Waals surface area contributed by atoms with Gasteiger partial charge in [0.15, 0.2) is 0 Å². The Balaban J connectivity index is 0.918. The quantitative estimate of drug-likeness (QED) is 0.156. The molecule has 354 valence electrons. The zero-order chi connectivity index (χ0) is 50.0. The summed E-state index contributed by atoms with van der Waals surface area (Å²) in [6, 6.07) is 95.2. The zero-order valence-corrected chi connectivity index (χ0v) is 41.2. The zero-order valence-electron chi connectivity index (χ0n) is 41.2. The summed E-state index contributed by atoms with van der Waals surface area (Å²) in [5.74, 6) is 3.41. The fourth-order valence-corrected chi connectivity index (χ4v) is 13.5. The Morgan fingerprint density at radius 1 is 0.303 bits per heavy atom. The lowest BCUT2D eigenvalue weighted by molar-refractivity contribution is 0.419. The van der Waals surface area contributed by atoms with Crippen molar-refractivity contribution in [3.05, 3.63) is 311 Å². The number of benzene rings is 11. The van der Waals surface area contributed by atoms with Crippen LogP contribution < -0.4 is 19.0 Å². The Hall–Kier alpha value is -9.99. The maximum atomic E-state index is 6.76. The van der Waals surface area contributed by atoms with Gasteiger partial charge in [-0.1, -0.05) is 217 Å². The normalized spacial score (nSPS) is 15.9. The molecule has 0 saturated carbocycles. The van der Waals surface area contributed by atoms with Crippen molar-refractivity contribution in [3.63, 3.8) is 0 Å². The third-order valence-electron chi connectivity index (χ3n) is 16.6. The van der Waals surface area contributed by atoms with Gasteiger partial charge in [-0.15, -0.1) is 0 Å². The van der Waals surface area contributed by atoms with Crippen LogP contribution in [0.3, 0.4) is 0 Å². The first-order valence-corrected chi connectivity index (χ1v) is 26.1. The smallest absolute Gasteiger partial charge is 0.335 e. The van der Waals surface area contributed by atoms with Gasteiger partial charge in [0.1, 0.15) is 22.8 Å². The molecule has 0 saturated heterocycles. The molecule has 4 heteroatoms. The molecular formula is C72H45N2O2+. The maximum absolute atomic E-state index is 6.76. The number of allylic oxidation sites excluding steroid dienone is 2. The van der Waals surface area contributed by atoms with E-state index in [2.05, 4.69) is 270 Å². The average Bonchev–Trinajstić information content (AvgIpc) is 4.38. The first-order valence-electron chi connectivity index (χ1n) is 26.1. The SMILES string of the molecule is C1=[N+]=CC2=C1Oc1ccccc1C21c2ccccc2-c2cc(-c3cccc(N(c4ccccc4-c4ccc(-c5ccccc5)cc4)c4cccc5c4-c4ccccc4C54c5ccccc5Oc5ccccc54)c3)ccc21. The standard InChI is InChI=1S/C72H45N2O2/c1-2-18-46(19-3-1)47-36-38-48(39-37-47)52-22-6-12-31-64(52)74(65-32-17-30-62-70(65)54-24-5-8-26-57(54)72(62)60-28-10-13-33-66(60)75-67-34-14-11-29-61(67)72)51-21-16-20-49(42-51)50-40-41-58-55(43-50)53-23-4-7-25-56(53)71(58)59-27-9-15-35-68(59)76-69-45-73-44-63(69)71/h1-45H/q+1. The van der Waals surface area contributed by atoms with Crippen molar-refractivity contribution in [3.8, 4) is 72.9 Å². The molecule has 0 amide bonds. The number of fused-ring (bicyclic) bond motifs is 17. The highest BCUT2D eigenvalue weighted by molar-refractivity contribution is 6.06. The van der Waals surface area contributed by atoms with Crippen molar-refractivity contribution in [2.75, 3.05) is 4.90 Å². The monoisotopic (exact) mass is 969 g/mol. The Bertz CT molecular complexity index is 4310. The second-order valence-electron chi connectivity index (χ2n) is 20.3. The number of nitrogens with zero attached hydrogens (tertiary/aromatic N) is 2. The molecule has 0 fully saturated rings. The molecule has 4 nitrogen and oxygen atoms in total. The number of para-hydroxylation sites is 4. The summed E-state index contributed by atoms with van der Waals surface area (Å²) in [5, 5.41) is 0. The number of anilines is 3. The molecule has 1 unspecified atom stereocenters. The average molecular weight is 970 g/mol. The number of rotatable bonds is 6. The molecule has 16 rings (SSSR count). The van der Waals surface area contributed by atoms with Gasteiger partial charge in [-0.2, -0.15) is 0 Å². The number of hydrogen-bond acceptors (Lipinski definition) is 3. The van der Waals surface area contributed by atoms with Crippen LogP contribution >= 0.6 is 0 Å². The summed E-state index contributed by atoms with van der Waals surface area (Å²) in [5.41, 5.74) is 23.2. The first-order chi connectivity index (χ1) is 37.7. The van der Waals surface area contributed by atoms with E-state index in [0.29, 0.717) is 0 Å². The fourth-order valence-electron chi connectivity index (χ4n) is 13.5. The van der Waals surface area contributed by atoms with E-state index in [0.717, 1.165) is 84.6 Å². The topological polar surface area (TPSA) is 35.8 Å². The van der Waals surface area contributed by atoms with Gasteiger partial charge in [0.2, 0.25) is 5.76 Å². The Morgan fingerprint density at radius 2 is 0.803 bits per heavy atom. The van der Waals surface area contributed by atoms with E-state index in [9.17, 15) is 0 Å². The van der Waals surface area contributed by atoms with Gasteiger partial charge in [-0.25, -0.2) is 0 Å². The van der Waals surface area contributed by atoms with E-state index in [-0.39, 0.29) is 0 Å². The second-order valence-corrected chi connectivity index (χ2v) is 20.3. The van der Waals surface area contributed by atoms with Crippen molar-refractivity contribution in [2.24, 2.45) is 0 Å². The highest BCUT2D eigenvalue weighted by atomic mass is 16.5. The van der Waals surface area contributed by atoms with Crippen molar-refractivity contribution in [1.82, 2.24) is 4.67 Å². The molecule has 0 bridgehead atoms. The van der Waals surface area contributed by atoms with Crippen molar-refractivity contribution in [1.29, 1.82) is 0 Å². The minimum absolute atomic E-state index is 0.570. The van der Waals surface area contributed by atoms with E-state index >= 15 is 0 Å². The molecule has 1 atom stereocenters. The van der Waals surface area contributed by atoms with Crippen LogP contribution in [-0.4, -0.2) is 12.4 Å². The predicted octanol–water partition coefficient (Wildman–Crippen LogP) is 16.8. The summed E-state index contributed by atoms with van der Waals surface area (Å²) in [6.07, 6.45) is 3.86. The van der Waals surface area contributed by atoms with Gasteiger partial charge in [-0.05, 0) is 115 Å². The summed E-state index contributed by atoms with van der Waals surface area (Å²) in [4.78, 5) is 2.51. The van der Waals surface area contributed by atoms with Crippen LogP contribution in [0.25, 0.3) is 55.6 Å². The van der Waals surface area contributed by atoms with E-state index in [1.807, 2.05) is 12.4 Å². The van der Waals surface area contributed by atoms with Crippen LogP contribution in [-0.2, 0) is 10.8 Å². The molecule has 76 heavy (non-hydrogen) atoms. The van der Waals surface area contributed by atoms with Crippen LogP contribution in [0, 0.1) is 0 Å². The first kappa shape index (κ1) is 42.5. The summed E-state index contributed by atoms with van der Waals surface area (Å²) >= 11 is 0. The van der Waals surface area contributed by atoms with Crippen LogP contribution in [0.5, 0.6) is 17.2 Å². The Labute approximate surface area is 441 Å². The van der Waals surface area contributed by atoms with Gasteiger partial charge >= 0.3 is 12.4 Å². The molecule has 0 radical (unpaired) electrons. The van der Waals surface area contributed by atoms with Gasteiger partial charge in [0.05, 0.1) is 22.2 Å². The highest BCUT2D eigenvalue weighted by Gasteiger charge is 2.55. The van der Waals surface area contributed by atoms with Gasteiger partial charge in [-0.3, -0.25) is 0 Å². The van der Waals surface area contributed by atoms with E-state index in [1.54, 1.807) is 0 Å². The molecule has 2 aliphatic carbocycles. The van der Waals surface area contributed by atoms with Crippen LogP contribution in [0.4, 0.5) is 17.1 Å². The molecule has 11 aromatic carbocycles. The van der Waals surface area contributed by atoms with Crippen LogP contribution in [0.15, 0.2) is 272 Å². The van der Waals surface area contributed by atoms with Crippen LogP contribution in [0.2, 0.25) is 0 Å². The summed E-state index contributed by atoms with van der Waals surface area (Å²) in [6.45, 7) is 0. The maximum Gasteiger partial charge on any atom is 0.335 e. The lowest BCUT2D eigenvalue weighted by Crippen LogP contribution is -2.35. The molecule has 0 aromatic heterocycles. The number of ether oxygens (including phenoxy) is 2. The molecule has 2 spiro atoms. The van der Waals surface area contributed by atoms with Crippen molar-refractivity contribution < 1.29 is 9.47 Å². The lowest BCUT2D eigenvalue weighted by Gasteiger charge is -2.39. The Morgan fingerprint density at radius 3 is 1.55 bits per heavy atom. The third kappa shape index (κ3) is 5.82. The van der Waals surface area contributed by atoms with E-state index in [1.165, 1.54) is 55.6 Å². The van der Waals surface area contributed by atoms with Crippen LogP contribution in [0.1, 0.15) is 38.9 Å². The molecule has 11 aromatic rings. The lowest BCUT2D eigenvalue weighted by atomic mass is 9.66.